The number of carbonyl (C=O) groups excluding carboxylic acids is 1. The highest BCUT2D eigenvalue weighted by molar-refractivity contribution is 5.80. The summed E-state index contributed by atoms with van der Waals surface area (Å²) in [4.78, 5) is 11.4. The van der Waals surface area contributed by atoms with Gasteiger partial charge in [0.1, 0.15) is 6.10 Å². The van der Waals surface area contributed by atoms with Gasteiger partial charge in [-0.25, -0.2) is 0 Å². The molecule has 0 amide bonds. The van der Waals surface area contributed by atoms with Gasteiger partial charge in [-0.3, -0.25) is 4.79 Å². The maximum atomic E-state index is 11.4. The van der Waals surface area contributed by atoms with Crippen molar-refractivity contribution >= 4 is 5.97 Å². The predicted octanol–water partition coefficient (Wildman–Crippen LogP) is 2.23. The minimum Gasteiger partial charge on any atom is -0.462 e. The van der Waals surface area contributed by atoms with Gasteiger partial charge < -0.3 is 4.74 Å². The maximum absolute atomic E-state index is 11.4. The standard InChI is InChI=1S/C11H18O2/c1-6(2)5-7-8-9(10(12)13-7)11(8,3)4/h6-9H,5H2,1-4H3/t7-,8-,9-/m1/s1. The molecule has 0 bridgehead atoms. The average Bonchev–Trinajstić information content (AvgIpc) is 2.31. The molecule has 2 rings (SSSR count). The second-order valence-electron chi connectivity index (χ2n) is 5.43. The van der Waals surface area contributed by atoms with Gasteiger partial charge in [0.15, 0.2) is 0 Å². The van der Waals surface area contributed by atoms with Crippen molar-refractivity contribution in [1.82, 2.24) is 0 Å². The molecule has 0 unspecified atom stereocenters. The second-order valence-corrected chi connectivity index (χ2v) is 5.43. The van der Waals surface area contributed by atoms with Crippen molar-refractivity contribution in [3.63, 3.8) is 0 Å². The van der Waals surface area contributed by atoms with E-state index in [1.165, 1.54) is 0 Å². The molecular weight excluding hydrogens is 164 g/mol. The highest BCUT2D eigenvalue weighted by atomic mass is 16.6. The summed E-state index contributed by atoms with van der Waals surface area (Å²) in [5, 5.41) is 0. The third-order valence-corrected chi connectivity index (χ3v) is 3.54. The Hall–Kier alpha value is -0.530. The van der Waals surface area contributed by atoms with Crippen molar-refractivity contribution in [3.8, 4) is 0 Å². The molecule has 1 saturated carbocycles. The van der Waals surface area contributed by atoms with Crippen LogP contribution >= 0.6 is 0 Å². The molecule has 3 atom stereocenters. The van der Waals surface area contributed by atoms with E-state index in [1.807, 2.05) is 0 Å². The average molecular weight is 182 g/mol. The summed E-state index contributed by atoms with van der Waals surface area (Å²) in [6.07, 6.45) is 1.23. The van der Waals surface area contributed by atoms with E-state index < -0.39 is 0 Å². The van der Waals surface area contributed by atoms with Gasteiger partial charge in [-0.05, 0) is 17.8 Å². The van der Waals surface area contributed by atoms with Gasteiger partial charge in [-0.15, -0.1) is 0 Å². The Bertz CT molecular complexity index is 242. The van der Waals surface area contributed by atoms with Gasteiger partial charge >= 0.3 is 5.97 Å². The summed E-state index contributed by atoms with van der Waals surface area (Å²) < 4.78 is 5.33. The number of hydrogen-bond acceptors (Lipinski definition) is 2. The number of ether oxygens (including phenoxy) is 1. The Labute approximate surface area is 79.7 Å². The minimum absolute atomic E-state index is 0.0423. The number of hydrogen-bond donors (Lipinski definition) is 0. The first kappa shape index (κ1) is 9.04. The third-order valence-electron chi connectivity index (χ3n) is 3.54. The lowest BCUT2D eigenvalue weighted by Gasteiger charge is -2.19. The van der Waals surface area contributed by atoms with E-state index >= 15 is 0 Å². The lowest BCUT2D eigenvalue weighted by molar-refractivity contribution is -0.147. The largest absolute Gasteiger partial charge is 0.462 e. The van der Waals surface area contributed by atoms with Crippen LogP contribution < -0.4 is 0 Å². The van der Waals surface area contributed by atoms with E-state index in [1.54, 1.807) is 0 Å². The number of carbonyl (C=O) groups is 1. The summed E-state index contributed by atoms with van der Waals surface area (Å²) in [7, 11) is 0. The van der Waals surface area contributed by atoms with E-state index in [4.69, 9.17) is 4.74 Å². The zero-order valence-corrected chi connectivity index (χ0v) is 8.83. The fraction of sp³-hybridized carbons (Fsp3) is 0.909. The molecule has 0 aromatic rings. The van der Waals surface area contributed by atoms with Crippen LogP contribution in [0.2, 0.25) is 0 Å². The molecule has 13 heavy (non-hydrogen) atoms. The lowest BCUT2D eigenvalue weighted by Crippen LogP contribution is -2.21. The van der Waals surface area contributed by atoms with E-state index in [2.05, 4.69) is 27.7 Å². The van der Waals surface area contributed by atoms with Crippen molar-refractivity contribution in [1.29, 1.82) is 0 Å². The number of rotatable bonds is 2. The molecule has 1 heterocycles. The SMILES string of the molecule is CC(C)C[C@H]1OC(=O)[C@H]2[C@@H]1C2(C)C. The highest BCUT2D eigenvalue weighted by Gasteiger charge is 2.70. The molecule has 0 N–H and O–H groups in total. The molecule has 2 nitrogen and oxygen atoms in total. The van der Waals surface area contributed by atoms with Crippen LogP contribution in [0.4, 0.5) is 0 Å². The highest BCUT2D eigenvalue weighted by Crippen LogP contribution is 2.65. The number of fused-ring (bicyclic) bond motifs is 1. The van der Waals surface area contributed by atoms with E-state index in [0.29, 0.717) is 11.8 Å². The van der Waals surface area contributed by atoms with Crippen LogP contribution in [-0.4, -0.2) is 12.1 Å². The molecule has 0 spiro atoms. The molecule has 0 radical (unpaired) electrons. The molecule has 1 aliphatic carbocycles. The van der Waals surface area contributed by atoms with Gasteiger partial charge in [0, 0.05) is 5.92 Å². The van der Waals surface area contributed by atoms with Gasteiger partial charge in [0.2, 0.25) is 0 Å². The van der Waals surface area contributed by atoms with Gasteiger partial charge in [-0.1, -0.05) is 27.7 Å². The van der Waals surface area contributed by atoms with Gasteiger partial charge in [-0.2, -0.15) is 0 Å². The van der Waals surface area contributed by atoms with Crippen LogP contribution in [0.5, 0.6) is 0 Å². The zero-order chi connectivity index (χ0) is 9.80. The fourth-order valence-electron chi connectivity index (χ4n) is 2.78. The van der Waals surface area contributed by atoms with Crippen LogP contribution in [0.1, 0.15) is 34.1 Å². The first-order valence-corrected chi connectivity index (χ1v) is 5.15. The Morgan fingerprint density at radius 2 is 2.08 bits per heavy atom. The Morgan fingerprint density at radius 1 is 1.46 bits per heavy atom. The summed E-state index contributed by atoms with van der Waals surface area (Å²) >= 11 is 0. The minimum atomic E-state index is 0.0423. The lowest BCUT2D eigenvalue weighted by atomic mass is 9.98. The number of cyclic esters (lactones) is 1. The normalized spacial score (nSPS) is 40.4. The van der Waals surface area contributed by atoms with Crippen LogP contribution in [0.15, 0.2) is 0 Å². The summed E-state index contributed by atoms with van der Waals surface area (Å²) in [6.45, 7) is 8.71. The molecule has 74 valence electrons. The monoisotopic (exact) mass is 182 g/mol. The molecule has 0 aromatic carbocycles. The fourth-order valence-corrected chi connectivity index (χ4v) is 2.78. The van der Waals surface area contributed by atoms with Gasteiger partial charge in [0.05, 0.1) is 5.92 Å². The quantitative estimate of drug-likeness (QED) is 0.612. The van der Waals surface area contributed by atoms with E-state index in [9.17, 15) is 4.79 Å². The van der Waals surface area contributed by atoms with Crippen molar-refractivity contribution < 1.29 is 9.53 Å². The van der Waals surface area contributed by atoms with E-state index in [-0.39, 0.29) is 23.4 Å². The first-order valence-electron chi connectivity index (χ1n) is 5.15. The smallest absolute Gasteiger partial charge is 0.310 e. The molecule has 1 saturated heterocycles. The van der Waals surface area contributed by atoms with Crippen molar-refractivity contribution in [2.24, 2.45) is 23.2 Å². The zero-order valence-electron chi connectivity index (χ0n) is 8.83. The van der Waals surface area contributed by atoms with Crippen molar-refractivity contribution in [3.05, 3.63) is 0 Å². The summed E-state index contributed by atoms with van der Waals surface area (Å²) in [5.74, 6) is 1.37. The molecule has 2 aliphatic rings. The van der Waals surface area contributed by atoms with Crippen LogP contribution in [0.25, 0.3) is 0 Å². The molecule has 1 aliphatic heterocycles. The summed E-state index contributed by atoms with van der Waals surface area (Å²) in [6, 6.07) is 0. The van der Waals surface area contributed by atoms with Crippen molar-refractivity contribution in [2.45, 2.75) is 40.2 Å². The number of esters is 1. The Balaban J connectivity index is 2.06. The molecule has 0 aromatic heterocycles. The van der Waals surface area contributed by atoms with Crippen LogP contribution in [0.3, 0.4) is 0 Å². The van der Waals surface area contributed by atoms with Crippen LogP contribution in [-0.2, 0) is 9.53 Å². The summed E-state index contributed by atoms with van der Waals surface area (Å²) in [5.41, 5.74) is 0.217. The second kappa shape index (κ2) is 2.49. The predicted molar refractivity (Wildman–Crippen MR) is 50.1 cm³/mol. The molecule has 2 fully saturated rings. The van der Waals surface area contributed by atoms with Gasteiger partial charge in [0.25, 0.3) is 0 Å². The topological polar surface area (TPSA) is 26.3 Å². The van der Waals surface area contributed by atoms with Crippen LogP contribution in [0, 0.1) is 23.2 Å². The van der Waals surface area contributed by atoms with Crippen molar-refractivity contribution in [2.75, 3.05) is 0 Å². The Kier molecular flexibility index (Phi) is 1.73. The maximum Gasteiger partial charge on any atom is 0.310 e. The third kappa shape index (κ3) is 1.18. The molecular formula is C11H18O2. The van der Waals surface area contributed by atoms with E-state index in [0.717, 1.165) is 6.42 Å². The molecule has 2 heteroatoms. The Morgan fingerprint density at radius 3 is 2.46 bits per heavy atom. The first-order chi connectivity index (χ1) is 5.94.